The Bertz CT molecular complexity index is 143. The molecular weight excluding hydrogens is 152 g/mol. The van der Waals surface area contributed by atoms with E-state index in [2.05, 4.69) is 6.92 Å². The number of ether oxygens (including phenoxy) is 1. The van der Waals surface area contributed by atoms with Gasteiger partial charge in [0.05, 0.1) is 0 Å². The van der Waals surface area contributed by atoms with E-state index >= 15 is 0 Å². The van der Waals surface area contributed by atoms with Crippen LogP contribution in [0.1, 0.15) is 51.9 Å². The zero-order valence-corrected chi connectivity index (χ0v) is 7.84. The molecule has 0 aromatic carbocycles. The van der Waals surface area contributed by atoms with Crippen LogP contribution >= 0.6 is 0 Å². The van der Waals surface area contributed by atoms with Gasteiger partial charge < -0.3 is 4.74 Å². The minimum Gasteiger partial charge on any atom is -0.462 e. The summed E-state index contributed by atoms with van der Waals surface area (Å²) >= 11 is 0. The first-order chi connectivity index (χ1) is 5.83. The molecule has 0 N–H and O–H groups in total. The average Bonchev–Trinajstić information content (AvgIpc) is 2.45. The number of carbonyl (C=O) groups excluding carboxylic acids is 1. The van der Waals surface area contributed by atoms with Gasteiger partial charge in [-0.2, -0.15) is 0 Å². The van der Waals surface area contributed by atoms with Gasteiger partial charge >= 0.3 is 5.97 Å². The summed E-state index contributed by atoms with van der Waals surface area (Å²) in [6.45, 7) is 2.20. The quantitative estimate of drug-likeness (QED) is 0.468. The maximum Gasteiger partial charge on any atom is 0.306 e. The Morgan fingerprint density at radius 1 is 1.42 bits per heavy atom. The lowest BCUT2D eigenvalue weighted by molar-refractivity contribution is -0.141. The van der Waals surface area contributed by atoms with Crippen molar-refractivity contribution in [3.05, 3.63) is 0 Å². The summed E-state index contributed by atoms with van der Waals surface area (Å²) in [5.74, 6) is -0.00417. The Labute approximate surface area is 74.3 Å². The average molecular weight is 170 g/mol. The number of carbonyl (C=O) groups is 1. The van der Waals surface area contributed by atoms with Gasteiger partial charge in [0.1, 0.15) is 6.10 Å². The van der Waals surface area contributed by atoms with Crippen LogP contribution in [0.25, 0.3) is 0 Å². The third kappa shape index (κ3) is 3.24. The first-order valence-corrected chi connectivity index (χ1v) is 5.02. The van der Waals surface area contributed by atoms with Crippen molar-refractivity contribution in [3.8, 4) is 0 Å². The molecule has 1 rings (SSSR count). The number of rotatable bonds is 5. The predicted molar refractivity (Wildman–Crippen MR) is 47.9 cm³/mol. The molecule has 12 heavy (non-hydrogen) atoms. The second-order valence-electron chi connectivity index (χ2n) is 3.50. The van der Waals surface area contributed by atoms with E-state index in [1.807, 2.05) is 0 Å². The summed E-state index contributed by atoms with van der Waals surface area (Å²) < 4.78 is 5.10. The van der Waals surface area contributed by atoms with Crippen LogP contribution in [-0.4, -0.2) is 12.1 Å². The van der Waals surface area contributed by atoms with Crippen LogP contribution in [0.15, 0.2) is 0 Å². The van der Waals surface area contributed by atoms with Crippen LogP contribution in [0.2, 0.25) is 0 Å². The van der Waals surface area contributed by atoms with Gasteiger partial charge in [0, 0.05) is 6.42 Å². The van der Waals surface area contributed by atoms with Crippen LogP contribution in [0.4, 0.5) is 0 Å². The van der Waals surface area contributed by atoms with Crippen molar-refractivity contribution in [3.63, 3.8) is 0 Å². The molecule has 0 unspecified atom stereocenters. The Morgan fingerprint density at radius 2 is 2.25 bits per heavy atom. The highest BCUT2D eigenvalue weighted by Gasteiger charge is 2.22. The Balaban J connectivity index is 1.97. The molecule has 1 aliphatic heterocycles. The lowest BCUT2D eigenvalue weighted by Crippen LogP contribution is -2.05. The normalized spacial score (nSPS) is 22.8. The summed E-state index contributed by atoms with van der Waals surface area (Å²) in [5, 5.41) is 0. The van der Waals surface area contributed by atoms with Gasteiger partial charge in [-0.05, 0) is 19.3 Å². The molecule has 1 atom stereocenters. The lowest BCUT2D eigenvalue weighted by atomic mass is 10.1. The van der Waals surface area contributed by atoms with Crippen LogP contribution < -0.4 is 0 Å². The Kier molecular flexibility index (Phi) is 4.12. The van der Waals surface area contributed by atoms with E-state index in [1.165, 1.54) is 25.7 Å². The van der Waals surface area contributed by atoms with Crippen molar-refractivity contribution >= 4 is 5.97 Å². The molecule has 1 fully saturated rings. The van der Waals surface area contributed by atoms with Crippen molar-refractivity contribution in [1.82, 2.24) is 0 Å². The second-order valence-corrected chi connectivity index (χ2v) is 3.50. The number of unbranched alkanes of at least 4 members (excludes halogenated alkanes) is 3. The number of hydrogen-bond acceptors (Lipinski definition) is 2. The zero-order valence-electron chi connectivity index (χ0n) is 7.84. The summed E-state index contributed by atoms with van der Waals surface area (Å²) in [7, 11) is 0. The molecule has 1 saturated heterocycles. The van der Waals surface area contributed by atoms with Crippen LogP contribution in [0.3, 0.4) is 0 Å². The number of esters is 1. The Hall–Kier alpha value is -0.530. The SMILES string of the molecule is CCCCCC[C@@H]1CCC(=O)O1. The molecule has 2 nitrogen and oxygen atoms in total. The fraction of sp³-hybridized carbons (Fsp3) is 0.900. The smallest absolute Gasteiger partial charge is 0.306 e. The molecule has 0 bridgehead atoms. The van der Waals surface area contributed by atoms with Crippen molar-refractivity contribution < 1.29 is 9.53 Å². The van der Waals surface area contributed by atoms with E-state index in [4.69, 9.17) is 4.74 Å². The van der Waals surface area contributed by atoms with Gasteiger partial charge in [-0.25, -0.2) is 0 Å². The maximum absolute atomic E-state index is 10.7. The first-order valence-electron chi connectivity index (χ1n) is 5.02. The van der Waals surface area contributed by atoms with E-state index in [-0.39, 0.29) is 12.1 Å². The topological polar surface area (TPSA) is 26.3 Å². The van der Waals surface area contributed by atoms with Gasteiger partial charge in [0.2, 0.25) is 0 Å². The minimum atomic E-state index is -0.00417. The van der Waals surface area contributed by atoms with Crippen LogP contribution in [0, 0.1) is 0 Å². The fourth-order valence-electron chi connectivity index (χ4n) is 1.58. The molecule has 0 aromatic heterocycles. The lowest BCUT2D eigenvalue weighted by Gasteiger charge is -2.07. The molecule has 0 spiro atoms. The highest BCUT2D eigenvalue weighted by Crippen LogP contribution is 2.19. The van der Waals surface area contributed by atoms with E-state index in [0.717, 1.165) is 12.8 Å². The van der Waals surface area contributed by atoms with Crippen molar-refractivity contribution in [2.75, 3.05) is 0 Å². The highest BCUT2D eigenvalue weighted by atomic mass is 16.5. The second kappa shape index (κ2) is 5.18. The molecule has 70 valence electrons. The predicted octanol–water partition coefficient (Wildman–Crippen LogP) is 2.66. The van der Waals surface area contributed by atoms with Crippen molar-refractivity contribution in [2.45, 2.75) is 58.0 Å². The molecular formula is C10H18O2. The molecule has 0 aliphatic carbocycles. The summed E-state index contributed by atoms with van der Waals surface area (Å²) in [6.07, 6.45) is 7.98. The number of hydrogen-bond donors (Lipinski definition) is 0. The van der Waals surface area contributed by atoms with Crippen molar-refractivity contribution in [1.29, 1.82) is 0 Å². The van der Waals surface area contributed by atoms with Crippen LogP contribution in [0.5, 0.6) is 0 Å². The van der Waals surface area contributed by atoms with E-state index in [9.17, 15) is 4.79 Å². The summed E-state index contributed by atoms with van der Waals surface area (Å²) in [4.78, 5) is 10.7. The molecule has 1 aliphatic rings. The van der Waals surface area contributed by atoms with Gasteiger partial charge in [-0.1, -0.05) is 26.2 Å². The molecule has 0 radical (unpaired) electrons. The summed E-state index contributed by atoms with van der Waals surface area (Å²) in [5.41, 5.74) is 0. The molecule has 0 aromatic rings. The van der Waals surface area contributed by atoms with Gasteiger partial charge in [-0.15, -0.1) is 0 Å². The third-order valence-corrected chi connectivity index (χ3v) is 2.35. The standard InChI is InChI=1S/C10H18O2/c1-2-3-4-5-6-9-7-8-10(11)12-9/h9H,2-8H2,1H3/t9-/m1/s1. The fourth-order valence-corrected chi connectivity index (χ4v) is 1.58. The van der Waals surface area contributed by atoms with E-state index in [0.29, 0.717) is 6.42 Å². The summed E-state index contributed by atoms with van der Waals surface area (Å²) in [6, 6.07) is 0. The highest BCUT2D eigenvalue weighted by molar-refractivity contribution is 5.71. The molecule has 2 heteroatoms. The van der Waals surface area contributed by atoms with Gasteiger partial charge in [0.25, 0.3) is 0 Å². The number of cyclic esters (lactones) is 1. The van der Waals surface area contributed by atoms with E-state index < -0.39 is 0 Å². The van der Waals surface area contributed by atoms with Gasteiger partial charge in [-0.3, -0.25) is 4.79 Å². The van der Waals surface area contributed by atoms with E-state index in [1.54, 1.807) is 0 Å². The zero-order chi connectivity index (χ0) is 8.81. The van der Waals surface area contributed by atoms with Crippen molar-refractivity contribution in [2.24, 2.45) is 0 Å². The molecule has 1 heterocycles. The van der Waals surface area contributed by atoms with Crippen LogP contribution in [-0.2, 0) is 9.53 Å². The third-order valence-electron chi connectivity index (χ3n) is 2.35. The largest absolute Gasteiger partial charge is 0.462 e. The maximum atomic E-state index is 10.7. The molecule has 0 amide bonds. The Morgan fingerprint density at radius 3 is 2.83 bits per heavy atom. The first kappa shape index (κ1) is 9.56. The molecule has 0 saturated carbocycles. The van der Waals surface area contributed by atoms with Gasteiger partial charge in [0.15, 0.2) is 0 Å². The monoisotopic (exact) mass is 170 g/mol. The minimum absolute atomic E-state index is 0.00417.